The second kappa shape index (κ2) is 11.2. The number of guanidine groups is 1. The molecular weight excluding hydrogens is 340 g/mol. The van der Waals surface area contributed by atoms with E-state index in [1.54, 1.807) is 7.11 Å². The van der Waals surface area contributed by atoms with E-state index in [1.165, 1.54) is 5.69 Å². The number of nitrogens with one attached hydrogen (secondary N) is 2. The fourth-order valence-corrected chi connectivity index (χ4v) is 2.95. The predicted octanol–water partition coefficient (Wildman–Crippen LogP) is 2.14. The molecule has 0 amide bonds. The molecule has 1 fully saturated rings. The molecule has 0 radical (unpaired) electrons. The summed E-state index contributed by atoms with van der Waals surface area (Å²) < 4.78 is 10.4. The topological polar surface area (TPSA) is 58.1 Å². The van der Waals surface area contributed by atoms with Gasteiger partial charge in [-0.1, -0.05) is 17.7 Å². The standard InChI is InChI=1S/C18H29ClN4O2/c1-3-20-18(21-8-10-25-12-11-24-2)22-16-7-9-23(14-16)17-6-4-5-15(19)13-17/h4-6,13,16H,3,7-12,14H2,1-2H3,(H2,20,21,22). The van der Waals surface area contributed by atoms with Crippen LogP contribution in [0.15, 0.2) is 29.3 Å². The van der Waals surface area contributed by atoms with Gasteiger partial charge in [0.1, 0.15) is 0 Å². The SMILES string of the molecule is CCNC(=NCCOCCOC)NC1CCN(c2cccc(Cl)c2)C1. The fourth-order valence-electron chi connectivity index (χ4n) is 2.77. The predicted molar refractivity (Wildman–Crippen MR) is 104 cm³/mol. The van der Waals surface area contributed by atoms with E-state index in [4.69, 9.17) is 21.1 Å². The summed E-state index contributed by atoms with van der Waals surface area (Å²) in [5.74, 6) is 0.843. The van der Waals surface area contributed by atoms with Crippen molar-refractivity contribution in [3.05, 3.63) is 29.3 Å². The molecule has 0 bridgehead atoms. The summed E-state index contributed by atoms with van der Waals surface area (Å²) in [6, 6.07) is 8.38. The summed E-state index contributed by atoms with van der Waals surface area (Å²) in [5, 5.41) is 7.59. The molecule has 6 nitrogen and oxygen atoms in total. The minimum atomic E-state index is 0.367. The van der Waals surface area contributed by atoms with Crippen molar-refractivity contribution in [3.8, 4) is 0 Å². The van der Waals surface area contributed by atoms with Crippen LogP contribution >= 0.6 is 11.6 Å². The second-order valence-corrected chi connectivity index (χ2v) is 6.36. The lowest BCUT2D eigenvalue weighted by atomic mass is 10.3. The van der Waals surface area contributed by atoms with Crippen LogP contribution < -0.4 is 15.5 Å². The van der Waals surface area contributed by atoms with Crippen LogP contribution in [-0.2, 0) is 9.47 Å². The zero-order valence-corrected chi connectivity index (χ0v) is 15.9. The van der Waals surface area contributed by atoms with Crippen LogP contribution in [0.1, 0.15) is 13.3 Å². The highest BCUT2D eigenvalue weighted by Crippen LogP contribution is 2.23. The van der Waals surface area contributed by atoms with Gasteiger partial charge < -0.3 is 25.0 Å². The van der Waals surface area contributed by atoms with Crippen molar-refractivity contribution in [2.75, 3.05) is 58.0 Å². The van der Waals surface area contributed by atoms with E-state index < -0.39 is 0 Å². The molecule has 1 aromatic carbocycles. The highest BCUT2D eigenvalue weighted by molar-refractivity contribution is 6.30. The van der Waals surface area contributed by atoms with E-state index in [9.17, 15) is 0 Å². The molecule has 140 valence electrons. The zero-order valence-electron chi connectivity index (χ0n) is 15.1. The normalized spacial score (nSPS) is 17.8. The molecular formula is C18H29ClN4O2. The number of benzene rings is 1. The number of aliphatic imine (C=N–C) groups is 1. The highest BCUT2D eigenvalue weighted by Gasteiger charge is 2.23. The van der Waals surface area contributed by atoms with Crippen molar-refractivity contribution in [3.63, 3.8) is 0 Å². The molecule has 0 saturated carbocycles. The van der Waals surface area contributed by atoms with E-state index in [0.717, 1.165) is 37.0 Å². The lowest BCUT2D eigenvalue weighted by Crippen LogP contribution is -2.44. The molecule has 1 atom stereocenters. The molecule has 25 heavy (non-hydrogen) atoms. The Hall–Kier alpha value is -1.50. The van der Waals surface area contributed by atoms with Crippen LogP contribution in [0.25, 0.3) is 0 Å². The van der Waals surface area contributed by atoms with Gasteiger partial charge in [0, 0.05) is 43.5 Å². The minimum Gasteiger partial charge on any atom is -0.382 e. The van der Waals surface area contributed by atoms with Crippen LogP contribution in [0.2, 0.25) is 5.02 Å². The van der Waals surface area contributed by atoms with Gasteiger partial charge in [0.05, 0.1) is 26.4 Å². The number of anilines is 1. The Morgan fingerprint density at radius 1 is 1.36 bits per heavy atom. The Morgan fingerprint density at radius 3 is 3.00 bits per heavy atom. The molecule has 1 aromatic rings. The molecule has 2 rings (SSSR count). The average Bonchev–Trinajstić information content (AvgIpc) is 3.06. The number of halogens is 1. The van der Waals surface area contributed by atoms with Gasteiger partial charge in [-0.25, -0.2) is 0 Å². The summed E-state index contributed by atoms with van der Waals surface area (Å²) in [7, 11) is 1.67. The van der Waals surface area contributed by atoms with Crippen LogP contribution in [0.5, 0.6) is 0 Å². The Kier molecular flexibility index (Phi) is 8.86. The summed E-state index contributed by atoms with van der Waals surface area (Å²) in [4.78, 5) is 6.92. The van der Waals surface area contributed by atoms with E-state index in [-0.39, 0.29) is 0 Å². The Bertz CT molecular complexity index is 542. The number of hydrogen-bond donors (Lipinski definition) is 2. The molecule has 0 aromatic heterocycles. The van der Waals surface area contributed by atoms with E-state index >= 15 is 0 Å². The molecule has 1 saturated heterocycles. The largest absolute Gasteiger partial charge is 0.382 e. The molecule has 2 N–H and O–H groups in total. The number of hydrogen-bond acceptors (Lipinski definition) is 4. The Balaban J connectivity index is 1.79. The smallest absolute Gasteiger partial charge is 0.191 e. The summed E-state index contributed by atoms with van der Waals surface area (Å²) in [5.41, 5.74) is 1.17. The Labute approximate surface area is 155 Å². The number of nitrogens with zero attached hydrogens (tertiary/aromatic N) is 2. The van der Waals surface area contributed by atoms with Gasteiger partial charge in [0.25, 0.3) is 0 Å². The van der Waals surface area contributed by atoms with Crippen LogP contribution in [0.3, 0.4) is 0 Å². The quantitative estimate of drug-likeness (QED) is 0.397. The molecule has 1 aliphatic heterocycles. The van der Waals surface area contributed by atoms with Crippen LogP contribution in [-0.4, -0.2) is 65.1 Å². The maximum Gasteiger partial charge on any atom is 0.191 e. The maximum atomic E-state index is 6.10. The summed E-state index contributed by atoms with van der Waals surface area (Å²) in [6.07, 6.45) is 1.07. The minimum absolute atomic E-state index is 0.367. The van der Waals surface area contributed by atoms with Crippen LogP contribution in [0.4, 0.5) is 5.69 Å². The van der Waals surface area contributed by atoms with E-state index in [2.05, 4.69) is 33.5 Å². The van der Waals surface area contributed by atoms with Crippen molar-refractivity contribution >= 4 is 23.2 Å². The lowest BCUT2D eigenvalue weighted by Gasteiger charge is -2.20. The van der Waals surface area contributed by atoms with Crippen molar-refractivity contribution < 1.29 is 9.47 Å². The third kappa shape index (κ3) is 7.10. The summed E-state index contributed by atoms with van der Waals surface area (Å²) >= 11 is 6.10. The number of rotatable bonds is 9. The second-order valence-electron chi connectivity index (χ2n) is 5.92. The third-order valence-electron chi connectivity index (χ3n) is 3.98. The van der Waals surface area contributed by atoms with Crippen molar-refractivity contribution in [2.45, 2.75) is 19.4 Å². The first-order valence-electron chi connectivity index (χ1n) is 8.85. The van der Waals surface area contributed by atoms with Crippen molar-refractivity contribution in [1.29, 1.82) is 0 Å². The highest BCUT2D eigenvalue weighted by atomic mass is 35.5. The molecule has 0 aliphatic carbocycles. The molecule has 7 heteroatoms. The van der Waals surface area contributed by atoms with Gasteiger partial charge in [0.15, 0.2) is 5.96 Å². The molecule has 1 aliphatic rings. The van der Waals surface area contributed by atoms with Gasteiger partial charge >= 0.3 is 0 Å². The first-order chi connectivity index (χ1) is 12.2. The van der Waals surface area contributed by atoms with Gasteiger partial charge in [-0.15, -0.1) is 0 Å². The molecule has 0 spiro atoms. The third-order valence-corrected chi connectivity index (χ3v) is 4.22. The first-order valence-corrected chi connectivity index (χ1v) is 9.22. The first kappa shape index (κ1) is 19.8. The Morgan fingerprint density at radius 2 is 2.24 bits per heavy atom. The number of ether oxygens (including phenoxy) is 2. The van der Waals surface area contributed by atoms with Crippen molar-refractivity contribution in [1.82, 2.24) is 10.6 Å². The maximum absolute atomic E-state index is 6.10. The van der Waals surface area contributed by atoms with Gasteiger partial charge in [-0.2, -0.15) is 0 Å². The van der Waals surface area contributed by atoms with Gasteiger partial charge in [-0.05, 0) is 31.5 Å². The zero-order chi connectivity index (χ0) is 17.9. The van der Waals surface area contributed by atoms with E-state index in [1.807, 2.05) is 18.2 Å². The fraction of sp³-hybridized carbons (Fsp3) is 0.611. The molecule has 1 heterocycles. The van der Waals surface area contributed by atoms with Gasteiger partial charge in [-0.3, -0.25) is 4.99 Å². The van der Waals surface area contributed by atoms with Gasteiger partial charge in [0.2, 0.25) is 0 Å². The van der Waals surface area contributed by atoms with E-state index in [0.29, 0.717) is 32.4 Å². The monoisotopic (exact) mass is 368 g/mol. The summed E-state index contributed by atoms with van der Waals surface area (Å²) in [6.45, 7) is 7.30. The number of methoxy groups -OCH3 is 1. The van der Waals surface area contributed by atoms with Crippen molar-refractivity contribution in [2.24, 2.45) is 4.99 Å². The van der Waals surface area contributed by atoms with Crippen LogP contribution in [0, 0.1) is 0 Å². The lowest BCUT2D eigenvalue weighted by molar-refractivity contribution is 0.0748. The molecule has 1 unspecified atom stereocenters. The average molecular weight is 369 g/mol.